The molecule has 2 nitrogen and oxygen atoms in total. The van der Waals surface area contributed by atoms with Gasteiger partial charge in [-0.1, -0.05) is 40.5 Å². The van der Waals surface area contributed by atoms with Crippen LogP contribution < -0.4 is 0 Å². The summed E-state index contributed by atoms with van der Waals surface area (Å²) in [6.45, 7) is 15.1. The minimum atomic E-state index is -0.340. The second kappa shape index (κ2) is 7.15. The van der Waals surface area contributed by atoms with Gasteiger partial charge in [0.05, 0.1) is 5.41 Å². The summed E-state index contributed by atoms with van der Waals surface area (Å²) in [7, 11) is 0. The summed E-state index contributed by atoms with van der Waals surface area (Å²) in [5.74, 6) is 1.86. The highest BCUT2D eigenvalue weighted by Crippen LogP contribution is 2.39. The fourth-order valence-corrected chi connectivity index (χ4v) is 3.67. The van der Waals surface area contributed by atoms with E-state index in [4.69, 9.17) is 4.74 Å². The Balaban J connectivity index is 2.70. The molecule has 124 valence electrons. The molecule has 0 heterocycles. The first-order valence-corrected chi connectivity index (χ1v) is 8.84. The number of esters is 1. The number of hydrogen-bond acceptors (Lipinski definition) is 2. The van der Waals surface area contributed by atoms with E-state index in [-0.39, 0.29) is 17.0 Å². The summed E-state index contributed by atoms with van der Waals surface area (Å²) >= 11 is 0. The van der Waals surface area contributed by atoms with Crippen LogP contribution in [0.3, 0.4) is 0 Å². The number of carbonyl (C=O) groups excluding carboxylic acids is 1. The third-order valence-corrected chi connectivity index (χ3v) is 5.49. The SMILES string of the molecule is CCC(C)(CC(C)C)C(=O)OC(C)(C)C1CCC(C)CC1. The smallest absolute Gasteiger partial charge is 0.312 e. The molecule has 1 aliphatic carbocycles. The maximum absolute atomic E-state index is 12.7. The van der Waals surface area contributed by atoms with Gasteiger partial charge in [-0.2, -0.15) is 0 Å². The van der Waals surface area contributed by atoms with E-state index in [1.54, 1.807) is 0 Å². The van der Waals surface area contributed by atoms with E-state index in [2.05, 4.69) is 48.5 Å². The second-order valence-corrected chi connectivity index (χ2v) is 8.46. The minimum Gasteiger partial charge on any atom is -0.459 e. The van der Waals surface area contributed by atoms with E-state index in [0.717, 1.165) is 18.8 Å². The Kier molecular flexibility index (Phi) is 6.31. The molecule has 2 heteroatoms. The van der Waals surface area contributed by atoms with Gasteiger partial charge in [0.2, 0.25) is 0 Å². The fourth-order valence-electron chi connectivity index (χ4n) is 3.67. The number of hydrogen-bond donors (Lipinski definition) is 0. The lowest BCUT2D eigenvalue weighted by atomic mass is 9.74. The average molecular weight is 296 g/mol. The van der Waals surface area contributed by atoms with Gasteiger partial charge in [0.1, 0.15) is 5.60 Å². The van der Waals surface area contributed by atoms with Crippen LogP contribution in [0.1, 0.15) is 87.0 Å². The highest BCUT2D eigenvalue weighted by Gasteiger charge is 2.41. The van der Waals surface area contributed by atoms with E-state index in [1.807, 2.05) is 0 Å². The van der Waals surface area contributed by atoms with Crippen LogP contribution in [0.5, 0.6) is 0 Å². The molecule has 0 amide bonds. The lowest BCUT2D eigenvalue weighted by molar-refractivity contribution is -0.176. The van der Waals surface area contributed by atoms with E-state index < -0.39 is 0 Å². The lowest BCUT2D eigenvalue weighted by Crippen LogP contribution is -2.43. The molecule has 0 N–H and O–H groups in total. The van der Waals surface area contributed by atoms with E-state index in [0.29, 0.717) is 11.8 Å². The standard InChI is InChI=1S/C19H36O2/c1-8-19(7,13-14(2)3)17(20)21-18(5,6)16-11-9-15(4)10-12-16/h14-16H,8-13H2,1-7H3. The zero-order chi connectivity index (χ0) is 16.3. The minimum absolute atomic E-state index is 0.00215. The third kappa shape index (κ3) is 5.00. The van der Waals surface area contributed by atoms with Crippen molar-refractivity contribution in [3.63, 3.8) is 0 Å². The highest BCUT2D eigenvalue weighted by molar-refractivity contribution is 5.76. The lowest BCUT2D eigenvalue weighted by Gasteiger charge is -2.40. The van der Waals surface area contributed by atoms with E-state index in [9.17, 15) is 4.79 Å². The summed E-state index contributed by atoms with van der Waals surface area (Å²) in [6.07, 6.45) is 6.66. The topological polar surface area (TPSA) is 26.3 Å². The molecule has 1 saturated carbocycles. The van der Waals surface area contributed by atoms with Crippen molar-refractivity contribution in [1.82, 2.24) is 0 Å². The normalized spacial score (nSPS) is 26.5. The molecule has 0 aromatic heterocycles. The summed E-state index contributed by atoms with van der Waals surface area (Å²) in [6, 6.07) is 0. The van der Waals surface area contributed by atoms with E-state index in [1.165, 1.54) is 25.7 Å². The van der Waals surface area contributed by atoms with Crippen molar-refractivity contribution in [2.45, 2.75) is 92.6 Å². The number of rotatable bonds is 6. The van der Waals surface area contributed by atoms with Gasteiger partial charge in [0, 0.05) is 0 Å². The van der Waals surface area contributed by atoms with Gasteiger partial charge in [-0.3, -0.25) is 4.79 Å². The Morgan fingerprint density at radius 3 is 2.10 bits per heavy atom. The highest BCUT2D eigenvalue weighted by atomic mass is 16.6. The zero-order valence-corrected chi connectivity index (χ0v) is 15.3. The van der Waals surface area contributed by atoms with Gasteiger partial charge in [0.15, 0.2) is 0 Å². The monoisotopic (exact) mass is 296 g/mol. The summed E-state index contributed by atoms with van der Waals surface area (Å²) in [5, 5.41) is 0. The molecule has 0 saturated heterocycles. The van der Waals surface area contributed by atoms with Crippen LogP contribution in [0.15, 0.2) is 0 Å². The molecule has 0 spiro atoms. The van der Waals surface area contributed by atoms with Crippen LogP contribution in [0.25, 0.3) is 0 Å². The predicted octanol–water partition coefficient (Wildman–Crippen LogP) is 5.60. The molecule has 1 atom stereocenters. The Hall–Kier alpha value is -0.530. The van der Waals surface area contributed by atoms with Crippen LogP contribution in [0.2, 0.25) is 0 Å². The van der Waals surface area contributed by atoms with E-state index >= 15 is 0 Å². The maximum atomic E-state index is 12.7. The van der Waals surface area contributed by atoms with Crippen LogP contribution in [0.4, 0.5) is 0 Å². The maximum Gasteiger partial charge on any atom is 0.312 e. The fraction of sp³-hybridized carbons (Fsp3) is 0.947. The van der Waals surface area contributed by atoms with Crippen molar-refractivity contribution in [3.8, 4) is 0 Å². The second-order valence-electron chi connectivity index (χ2n) is 8.46. The number of ether oxygens (including phenoxy) is 1. The zero-order valence-electron chi connectivity index (χ0n) is 15.3. The van der Waals surface area contributed by atoms with Gasteiger partial charge in [-0.25, -0.2) is 0 Å². The molecule has 0 aromatic carbocycles. The van der Waals surface area contributed by atoms with Gasteiger partial charge in [0.25, 0.3) is 0 Å². The quantitative estimate of drug-likeness (QED) is 0.597. The largest absolute Gasteiger partial charge is 0.459 e. The van der Waals surface area contributed by atoms with Crippen molar-refractivity contribution in [2.75, 3.05) is 0 Å². The summed E-state index contributed by atoms with van der Waals surface area (Å²) < 4.78 is 6.03. The van der Waals surface area contributed by atoms with Crippen LogP contribution in [0, 0.1) is 23.2 Å². The van der Waals surface area contributed by atoms with Crippen molar-refractivity contribution >= 4 is 5.97 Å². The van der Waals surface area contributed by atoms with Gasteiger partial charge >= 0.3 is 5.97 Å². The first-order chi connectivity index (χ1) is 9.60. The molecule has 1 rings (SSSR count). The van der Waals surface area contributed by atoms with Gasteiger partial charge < -0.3 is 4.74 Å². The predicted molar refractivity (Wildman–Crippen MR) is 89.1 cm³/mol. The molecule has 0 aromatic rings. The molecule has 0 aliphatic heterocycles. The van der Waals surface area contributed by atoms with Crippen molar-refractivity contribution in [3.05, 3.63) is 0 Å². The van der Waals surface area contributed by atoms with Gasteiger partial charge in [-0.05, 0) is 64.2 Å². The van der Waals surface area contributed by atoms with Crippen molar-refractivity contribution in [1.29, 1.82) is 0 Å². The summed E-state index contributed by atoms with van der Waals surface area (Å²) in [5.41, 5.74) is -0.669. The van der Waals surface area contributed by atoms with Crippen LogP contribution >= 0.6 is 0 Å². The van der Waals surface area contributed by atoms with Crippen molar-refractivity contribution in [2.24, 2.45) is 23.2 Å². The first kappa shape index (κ1) is 18.5. The van der Waals surface area contributed by atoms with Crippen molar-refractivity contribution < 1.29 is 9.53 Å². The van der Waals surface area contributed by atoms with Gasteiger partial charge in [-0.15, -0.1) is 0 Å². The molecule has 0 bridgehead atoms. The first-order valence-electron chi connectivity index (χ1n) is 8.84. The molecule has 1 fully saturated rings. The average Bonchev–Trinajstić information content (AvgIpc) is 2.37. The Morgan fingerprint density at radius 1 is 1.14 bits per heavy atom. The van der Waals surface area contributed by atoms with Crippen LogP contribution in [-0.2, 0) is 9.53 Å². The molecule has 21 heavy (non-hydrogen) atoms. The molecular weight excluding hydrogens is 260 g/mol. The third-order valence-electron chi connectivity index (χ3n) is 5.49. The Morgan fingerprint density at radius 2 is 1.67 bits per heavy atom. The molecular formula is C19H36O2. The molecule has 1 aliphatic rings. The Labute approximate surface area is 132 Å². The number of carbonyl (C=O) groups is 1. The molecule has 0 radical (unpaired) electrons. The Bertz CT molecular complexity index is 337. The summed E-state index contributed by atoms with van der Waals surface area (Å²) in [4.78, 5) is 12.7. The van der Waals surface area contributed by atoms with Crippen LogP contribution in [-0.4, -0.2) is 11.6 Å². The molecule has 1 unspecified atom stereocenters.